The summed E-state index contributed by atoms with van der Waals surface area (Å²) in [6.07, 6.45) is -3.98. The molecule has 20 heavy (non-hydrogen) atoms. The zero-order valence-electron chi connectivity index (χ0n) is 11.5. The van der Waals surface area contributed by atoms with Gasteiger partial charge >= 0.3 is 6.18 Å². The molecule has 3 nitrogen and oxygen atoms in total. The van der Waals surface area contributed by atoms with Crippen molar-refractivity contribution in [1.29, 1.82) is 0 Å². The van der Waals surface area contributed by atoms with Crippen molar-refractivity contribution in [2.45, 2.75) is 38.4 Å². The molecule has 6 heteroatoms. The molecule has 1 unspecified atom stereocenters. The van der Waals surface area contributed by atoms with Gasteiger partial charge in [-0.15, -0.1) is 0 Å². The first-order valence-corrected chi connectivity index (χ1v) is 6.56. The van der Waals surface area contributed by atoms with E-state index < -0.39 is 11.7 Å². The van der Waals surface area contributed by atoms with E-state index in [-0.39, 0.29) is 19.8 Å². The molecule has 0 amide bonds. The van der Waals surface area contributed by atoms with Crippen molar-refractivity contribution < 1.29 is 22.6 Å². The number of hydrogen-bond donors (Lipinski definition) is 1. The number of hydrogen-bond acceptors (Lipinski definition) is 3. The van der Waals surface area contributed by atoms with Crippen molar-refractivity contribution in [2.75, 3.05) is 13.3 Å². The molecule has 1 aliphatic heterocycles. The van der Waals surface area contributed by atoms with Crippen LogP contribution in [0, 0.1) is 0 Å². The van der Waals surface area contributed by atoms with E-state index in [0.717, 1.165) is 5.56 Å². The monoisotopic (exact) mass is 289 g/mol. The highest BCUT2D eigenvalue weighted by Gasteiger charge is 2.49. The molecule has 2 rings (SSSR count). The van der Waals surface area contributed by atoms with E-state index in [4.69, 9.17) is 9.47 Å². The fourth-order valence-corrected chi connectivity index (χ4v) is 2.21. The highest BCUT2D eigenvalue weighted by Crippen LogP contribution is 2.36. The van der Waals surface area contributed by atoms with Gasteiger partial charge in [0.05, 0.1) is 0 Å². The molecule has 1 aromatic rings. The van der Waals surface area contributed by atoms with Gasteiger partial charge in [-0.25, -0.2) is 0 Å². The van der Waals surface area contributed by atoms with Gasteiger partial charge in [-0.05, 0) is 44.0 Å². The summed E-state index contributed by atoms with van der Waals surface area (Å²) in [6.45, 7) is 3.31. The van der Waals surface area contributed by atoms with Gasteiger partial charge in [-0.2, -0.15) is 13.2 Å². The Kier molecular flexibility index (Phi) is 4.13. The van der Waals surface area contributed by atoms with Crippen LogP contribution in [0.4, 0.5) is 13.2 Å². The molecule has 1 aliphatic rings. The third-order valence-corrected chi connectivity index (χ3v) is 3.54. The summed E-state index contributed by atoms with van der Waals surface area (Å²) >= 11 is 0. The quantitative estimate of drug-likeness (QED) is 0.902. The maximum atomic E-state index is 13.1. The van der Waals surface area contributed by atoms with Gasteiger partial charge in [0.15, 0.2) is 11.5 Å². The third kappa shape index (κ3) is 3.00. The van der Waals surface area contributed by atoms with Crippen molar-refractivity contribution in [3.05, 3.63) is 23.8 Å². The molecule has 1 atom stereocenters. The van der Waals surface area contributed by atoms with Crippen LogP contribution in [0.1, 0.15) is 25.8 Å². The second kappa shape index (κ2) is 5.52. The summed E-state index contributed by atoms with van der Waals surface area (Å²) in [6, 6.07) is 5.25. The highest BCUT2D eigenvalue weighted by atomic mass is 19.4. The van der Waals surface area contributed by atoms with Gasteiger partial charge in [0, 0.05) is 0 Å². The second-order valence-corrected chi connectivity index (χ2v) is 5.05. The Morgan fingerprint density at radius 1 is 1.20 bits per heavy atom. The molecular weight excluding hydrogens is 271 g/mol. The number of ether oxygens (including phenoxy) is 2. The molecule has 1 N–H and O–H groups in total. The predicted octanol–water partition coefficient (Wildman–Crippen LogP) is 3.28. The lowest BCUT2D eigenvalue weighted by atomic mass is 9.92. The van der Waals surface area contributed by atoms with Crippen molar-refractivity contribution in [3.63, 3.8) is 0 Å². The van der Waals surface area contributed by atoms with Crippen LogP contribution in [0.5, 0.6) is 11.5 Å². The molecule has 0 spiro atoms. The summed E-state index contributed by atoms with van der Waals surface area (Å²) in [5.74, 6) is 1.23. The Labute approximate surface area is 116 Å². The maximum absolute atomic E-state index is 13.1. The van der Waals surface area contributed by atoms with E-state index in [1.807, 2.05) is 0 Å². The fraction of sp³-hybridized carbons (Fsp3) is 0.571. The molecule has 0 bridgehead atoms. The van der Waals surface area contributed by atoms with Crippen molar-refractivity contribution in [1.82, 2.24) is 5.32 Å². The fourth-order valence-electron chi connectivity index (χ4n) is 2.21. The van der Waals surface area contributed by atoms with Crippen LogP contribution in [0.15, 0.2) is 18.2 Å². The van der Waals surface area contributed by atoms with Crippen LogP contribution in [0.3, 0.4) is 0 Å². The average molecular weight is 289 g/mol. The van der Waals surface area contributed by atoms with Crippen LogP contribution in [0.2, 0.25) is 0 Å². The van der Waals surface area contributed by atoms with Crippen LogP contribution in [-0.2, 0) is 6.42 Å². The van der Waals surface area contributed by atoms with E-state index in [2.05, 4.69) is 5.32 Å². The molecule has 0 aromatic heterocycles. The maximum Gasteiger partial charge on any atom is 0.406 e. The Morgan fingerprint density at radius 3 is 2.55 bits per heavy atom. The van der Waals surface area contributed by atoms with Crippen molar-refractivity contribution in [3.8, 4) is 11.5 Å². The summed E-state index contributed by atoms with van der Waals surface area (Å²) in [5, 5.41) is 2.54. The van der Waals surface area contributed by atoms with Gasteiger partial charge in [0.2, 0.25) is 6.79 Å². The van der Waals surface area contributed by atoms with Crippen LogP contribution >= 0.6 is 0 Å². The number of rotatable bonds is 5. The summed E-state index contributed by atoms with van der Waals surface area (Å²) < 4.78 is 49.7. The Hall–Kier alpha value is -1.43. The molecule has 1 heterocycles. The first kappa shape index (κ1) is 15.0. The minimum absolute atomic E-state index is 0.0238. The van der Waals surface area contributed by atoms with E-state index in [1.54, 1.807) is 25.1 Å². The highest BCUT2D eigenvalue weighted by molar-refractivity contribution is 5.44. The number of alkyl halides is 3. The van der Waals surface area contributed by atoms with E-state index in [9.17, 15) is 13.2 Å². The second-order valence-electron chi connectivity index (χ2n) is 5.05. The molecule has 0 radical (unpaired) electrons. The predicted molar refractivity (Wildman–Crippen MR) is 69.0 cm³/mol. The summed E-state index contributed by atoms with van der Waals surface area (Å²) in [7, 11) is 0. The number of aryl methyl sites for hydroxylation is 1. The lowest BCUT2D eigenvalue weighted by molar-refractivity contribution is -0.193. The lowest BCUT2D eigenvalue weighted by Crippen LogP contribution is -2.54. The smallest absolute Gasteiger partial charge is 0.406 e. The van der Waals surface area contributed by atoms with Gasteiger partial charge in [-0.1, -0.05) is 13.0 Å². The number of halogens is 3. The molecule has 0 saturated heterocycles. The molecule has 0 aliphatic carbocycles. The Morgan fingerprint density at radius 2 is 1.90 bits per heavy atom. The molecule has 0 saturated carbocycles. The Balaban J connectivity index is 2.06. The van der Waals surface area contributed by atoms with Crippen molar-refractivity contribution >= 4 is 0 Å². The van der Waals surface area contributed by atoms with E-state index in [1.165, 1.54) is 6.92 Å². The van der Waals surface area contributed by atoms with Crippen LogP contribution < -0.4 is 14.8 Å². The normalized spacial score (nSPS) is 17.1. The first-order chi connectivity index (χ1) is 9.36. The van der Waals surface area contributed by atoms with Crippen molar-refractivity contribution in [2.24, 2.45) is 0 Å². The minimum atomic E-state index is -4.28. The lowest BCUT2D eigenvalue weighted by Gasteiger charge is -2.33. The zero-order chi connectivity index (χ0) is 14.8. The SMILES string of the molecule is CCNC(C)(CCc1ccc2c(c1)OCO2)C(F)(F)F. The molecular formula is C14H18F3NO2. The van der Waals surface area contributed by atoms with Crippen LogP contribution in [0.25, 0.3) is 0 Å². The molecule has 112 valence electrons. The molecule has 0 fully saturated rings. The minimum Gasteiger partial charge on any atom is -0.454 e. The summed E-state index contributed by atoms with van der Waals surface area (Å²) in [5.41, 5.74) is -1.07. The first-order valence-electron chi connectivity index (χ1n) is 6.56. The standard InChI is InChI=1S/C14H18F3NO2/c1-3-18-13(2,14(15,16)17)7-6-10-4-5-11-12(8-10)20-9-19-11/h4-5,8,18H,3,6-7,9H2,1-2H3. The Bertz CT molecular complexity index is 476. The zero-order valence-corrected chi connectivity index (χ0v) is 11.5. The number of nitrogens with one attached hydrogen (secondary N) is 1. The topological polar surface area (TPSA) is 30.5 Å². The van der Waals surface area contributed by atoms with Crippen LogP contribution in [-0.4, -0.2) is 25.1 Å². The number of fused-ring (bicyclic) bond motifs is 1. The largest absolute Gasteiger partial charge is 0.454 e. The van der Waals surface area contributed by atoms with Gasteiger partial charge < -0.3 is 14.8 Å². The third-order valence-electron chi connectivity index (χ3n) is 3.54. The molecule has 1 aromatic carbocycles. The van der Waals surface area contributed by atoms with E-state index >= 15 is 0 Å². The van der Waals surface area contributed by atoms with E-state index in [0.29, 0.717) is 17.9 Å². The average Bonchev–Trinajstić information content (AvgIpc) is 2.82. The van der Waals surface area contributed by atoms with Gasteiger partial charge in [0.1, 0.15) is 5.54 Å². The summed E-state index contributed by atoms with van der Waals surface area (Å²) in [4.78, 5) is 0. The van der Waals surface area contributed by atoms with Gasteiger partial charge in [-0.3, -0.25) is 0 Å². The number of benzene rings is 1. The van der Waals surface area contributed by atoms with Gasteiger partial charge in [0.25, 0.3) is 0 Å².